The lowest BCUT2D eigenvalue weighted by atomic mass is 10.2. The zero-order valence-corrected chi connectivity index (χ0v) is 7.83. The Kier molecular flexibility index (Phi) is 2.08. The van der Waals surface area contributed by atoms with Gasteiger partial charge < -0.3 is 11.1 Å². The summed E-state index contributed by atoms with van der Waals surface area (Å²) in [6.45, 7) is 2.22. The highest BCUT2D eigenvalue weighted by Crippen LogP contribution is 2.33. The van der Waals surface area contributed by atoms with Gasteiger partial charge in [-0.25, -0.2) is 4.98 Å². The standard InChI is InChI=1S/C10H15N3/c1-7(8-2-3-8)13-9-4-5-10(11)12-6-9/h4-8,13H,2-3H2,1H3,(H2,11,12). The highest BCUT2D eigenvalue weighted by atomic mass is 14.9. The molecule has 0 amide bonds. The molecule has 0 saturated heterocycles. The van der Waals surface area contributed by atoms with Crippen LogP contribution in [0.2, 0.25) is 0 Å². The molecule has 1 heterocycles. The Hall–Kier alpha value is -1.25. The molecule has 1 unspecified atom stereocenters. The zero-order valence-electron chi connectivity index (χ0n) is 7.83. The molecule has 3 N–H and O–H groups in total. The van der Waals surface area contributed by atoms with Gasteiger partial charge in [0, 0.05) is 6.04 Å². The van der Waals surface area contributed by atoms with E-state index in [0.29, 0.717) is 11.9 Å². The summed E-state index contributed by atoms with van der Waals surface area (Å²) in [7, 11) is 0. The van der Waals surface area contributed by atoms with Gasteiger partial charge in [0.05, 0.1) is 11.9 Å². The van der Waals surface area contributed by atoms with Crippen LogP contribution in [0.5, 0.6) is 0 Å². The quantitative estimate of drug-likeness (QED) is 0.741. The second-order valence-electron chi connectivity index (χ2n) is 3.74. The molecule has 1 aliphatic rings. The monoisotopic (exact) mass is 177 g/mol. The second kappa shape index (κ2) is 3.24. The number of nitrogen functional groups attached to an aromatic ring is 1. The lowest BCUT2D eigenvalue weighted by Gasteiger charge is -2.13. The van der Waals surface area contributed by atoms with Crippen LogP contribution in [0.1, 0.15) is 19.8 Å². The van der Waals surface area contributed by atoms with Gasteiger partial charge in [-0.05, 0) is 37.8 Å². The number of anilines is 2. The predicted octanol–water partition coefficient (Wildman–Crippen LogP) is 1.87. The van der Waals surface area contributed by atoms with E-state index in [2.05, 4.69) is 17.2 Å². The Balaban J connectivity index is 1.96. The van der Waals surface area contributed by atoms with Crippen LogP contribution in [-0.2, 0) is 0 Å². The van der Waals surface area contributed by atoms with Crippen molar-refractivity contribution in [1.29, 1.82) is 0 Å². The molecule has 1 atom stereocenters. The lowest BCUT2D eigenvalue weighted by molar-refractivity contribution is 0.694. The van der Waals surface area contributed by atoms with Crippen LogP contribution in [0.4, 0.5) is 11.5 Å². The van der Waals surface area contributed by atoms with Gasteiger partial charge in [0.2, 0.25) is 0 Å². The molecule has 1 saturated carbocycles. The summed E-state index contributed by atoms with van der Waals surface area (Å²) in [6, 6.07) is 4.36. The third-order valence-corrected chi connectivity index (χ3v) is 2.51. The largest absolute Gasteiger partial charge is 0.384 e. The molecular weight excluding hydrogens is 162 g/mol. The number of nitrogens with two attached hydrogens (primary N) is 1. The SMILES string of the molecule is CC(Nc1ccc(N)nc1)C1CC1. The van der Waals surface area contributed by atoms with Gasteiger partial charge in [-0.2, -0.15) is 0 Å². The van der Waals surface area contributed by atoms with E-state index in [1.54, 1.807) is 6.20 Å². The average molecular weight is 177 g/mol. The first kappa shape index (κ1) is 8.35. The molecule has 3 heteroatoms. The van der Waals surface area contributed by atoms with Gasteiger partial charge in [-0.3, -0.25) is 0 Å². The van der Waals surface area contributed by atoms with E-state index in [0.717, 1.165) is 11.6 Å². The number of pyridine rings is 1. The third kappa shape index (κ3) is 2.11. The van der Waals surface area contributed by atoms with E-state index in [9.17, 15) is 0 Å². The van der Waals surface area contributed by atoms with Crippen molar-refractivity contribution >= 4 is 11.5 Å². The van der Waals surface area contributed by atoms with Crippen LogP contribution in [0.15, 0.2) is 18.3 Å². The minimum atomic E-state index is 0.561. The fourth-order valence-electron chi connectivity index (χ4n) is 1.47. The Bertz CT molecular complexity index is 277. The predicted molar refractivity (Wildman–Crippen MR) is 54.5 cm³/mol. The first-order valence-electron chi connectivity index (χ1n) is 4.74. The van der Waals surface area contributed by atoms with Crippen molar-refractivity contribution in [2.45, 2.75) is 25.8 Å². The molecule has 13 heavy (non-hydrogen) atoms. The van der Waals surface area contributed by atoms with E-state index >= 15 is 0 Å². The molecule has 2 rings (SSSR count). The summed E-state index contributed by atoms with van der Waals surface area (Å²) >= 11 is 0. The van der Waals surface area contributed by atoms with E-state index in [1.807, 2.05) is 12.1 Å². The van der Waals surface area contributed by atoms with Gasteiger partial charge in [-0.15, -0.1) is 0 Å². The highest BCUT2D eigenvalue weighted by Gasteiger charge is 2.27. The van der Waals surface area contributed by atoms with Crippen LogP contribution in [0.25, 0.3) is 0 Å². The maximum Gasteiger partial charge on any atom is 0.123 e. The normalized spacial score (nSPS) is 18.2. The molecule has 0 bridgehead atoms. The molecule has 0 aromatic carbocycles. The summed E-state index contributed by atoms with van der Waals surface area (Å²) < 4.78 is 0. The molecule has 3 nitrogen and oxygen atoms in total. The number of rotatable bonds is 3. The summed E-state index contributed by atoms with van der Waals surface area (Å²) in [6.07, 6.45) is 4.50. The number of hydrogen-bond acceptors (Lipinski definition) is 3. The van der Waals surface area contributed by atoms with E-state index in [1.165, 1.54) is 12.8 Å². The molecule has 0 aliphatic heterocycles. The van der Waals surface area contributed by atoms with Crippen LogP contribution < -0.4 is 11.1 Å². The first-order valence-corrected chi connectivity index (χ1v) is 4.74. The van der Waals surface area contributed by atoms with Crippen molar-refractivity contribution < 1.29 is 0 Å². The van der Waals surface area contributed by atoms with Crippen molar-refractivity contribution in [3.63, 3.8) is 0 Å². The van der Waals surface area contributed by atoms with Crippen LogP contribution in [0.3, 0.4) is 0 Å². The molecule has 1 aliphatic carbocycles. The topological polar surface area (TPSA) is 50.9 Å². The molecule has 0 radical (unpaired) electrons. The Morgan fingerprint density at radius 1 is 1.54 bits per heavy atom. The maximum absolute atomic E-state index is 5.49. The summed E-state index contributed by atoms with van der Waals surface area (Å²) in [5.74, 6) is 1.43. The van der Waals surface area contributed by atoms with E-state index < -0.39 is 0 Å². The third-order valence-electron chi connectivity index (χ3n) is 2.51. The minimum Gasteiger partial charge on any atom is -0.384 e. The lowest BCUT2D eigenvalue weighted by Crippen LogP contribution is -2.17. The molecular formula is C10H15N3. The summed E-state index contributed by atoms with van der Waals surface area (Å²) in [5, 5.41) is 3.41. The molecule has 1 fully saturated rings. The molecule has 1 aromatic rings. The van der Waals surface area contributed by atoms with Crippen molar-refractivity contribution in [3.8, 4) is 0 Å². The van der Waals surface area contributed by atoms with Gasteiger partial charge in [0.25, 0.3) is 0 Å². The number of aromatic nitrogens is 1. The second-order valence-corrected chi connectivity index (χ2v) is 3.74. The Labute approximate surface area is 78.4 Å². The minimum absolute atomic E-state index is 0.561. The smallest absolute Gasteiger partial charge is 0.123 e. The fourth-order valence-corrected chi connectivity index (χ4v) is 1.47. The van der Waals surface area contributed by atoms with Crippen molar-refractivity contribution in [1.82, 2.24) is 4.98 Å². The van der Waals surface area contributed by atoms with Crippen molar-refractivity contribution in [2.75, 3.05) is 11.1 Å². The Morgan fingerprint density at radius 3 is 2.85 bits per heavy atom. The van der Waals surface area contributed by atoms with Crippen LogP contribution in [0, 0.1) is 5.92 Å². The van der Waals surface area contributed by atoms with Crippen LogP contribution >= 0.6 is 0 Å². The maximum atomic E-state index is 5.49. The van der Waals surface area contributed by atoms with Gasteiger partial charge >= 0.3 is 0 Å². The summed E-state index contributed by atoms with van der Waals surface area (Å²) in [5.41, 5.74) is 6.55. The first-order chi connectivity index (χ1) is 6.25. The highest BCUT2D eigenvalue weighted by molar-refractivity contribution is 5.46. The average Bonchev–Trinajstić information content (AvgIpc) is 2.91. The van der Waals surface area contributed by atoms with E-state index in [-0.39, 0.29) is 0 Å². The van der Waals surface area contributed by atoms with Crippen LogP contribution in [-0.4, -0.2) is 11.0 Å². The molecule has 70 valence electrons. The number of nitrogens with zero attached hydrogens (tertiary/aromatic N) is 1. The van der Waals surface area contributed by atoms with E-state index in [4.69, 9.17) is 5.73 Å². The number of hydrogen-bond donors (Lipinski definition) is 2. The van der Waals surface area contributed by atoms with Gasteiger partial charge in [-0.1, -0.05) is 0 Å². The van der Waals surface area contributed by atoms with Crippen molar-refractivity contribution in [2.24, 2.45) is 5.92 Å². The zero-order chi connectivity index (χ0) is 9.26. The Morgan fingerprint density at radius 2 is 2.31 bits per heavy atom. The van der Waals surface area contributed by atoms with Gasteiger partial charge in [0.15, 0.2) is 0 Å². The molecule has 1 aromatic heterocycles. The van der Waals surface area contributed by atoms with Crippen molar-refractivity contribution in [3.05, 3.63) is 18.3 Å². The molecule has 0 spiro atoms. The fraction of sp³-hybridized carbons (Fsp3) is 0.500. The summed E-state index contributed by atoms with van der Waals surface area (Å²) in [4.78, 5) is 4.03. The van der Waals surface area contributed by atoms with Gasteiger partial charge in [0.1, 0.15) is 5.82 Å². The number of nitrogens with one attached hydrogen (secondary N) is 1.